The number of aryl methyl sites for hydroxylation is 3. The first-order chi connectivity index (χ1) is 50.0. The van der Waals surface area contributed by atoms with E-state index in [1.54, 1.807) is 44.8 Å². The molecule has 13 rings (SSSR count). The Bertz CT molecular complexity index is 4920. The van der Waals surface area contributed by atoms with Gasteiger partial charge in [0.25, 0.3) is 0 Å². The van der Waals surface area contributed by atoms with E-state index in [1.807, 2.05) is 138 Å². The maximum Gasteiger partial charge on any atom is 0.498 e. The molecule has 1 fully saturated rings. The molecule has 0 saturated carbocycles. The van der Waals surface area contributed by atoms with Crippen LogP contribution in [0, 0.1) is 20.8 Å². The van der Waals surface area contributed by atoms with Gasteiger partial charge < -0.3 is 68.6 Å². The van der Waals surface area contributed by atoms with E-state index in [1.165, 1.54) is 11.1 Å². The number of carboxylic acid groups (broad SMARTS) is 1. The summed E-state index contributed by atoms with van der Waals surface area (Å²) in [5.41, 5.74) is 35.7. The second kappa shape index (κ2) is 38.9. The van der Waals surface area contributed by atoms with Crippen molar-refractivity contribution in [1.82, 2.24) is 0 Å². The summed E-state index contributed by atoms with van der Waals surface area (Å²) >= 11 is 3.40. The number of aliphatic carboxylic acids is 1. The first-order valence-corrected chi connectivity index (χ1v) is 35.4. The Morgan fingerprint density at radius 2 is 0.794 bits per heavy atom. The minimum Gasteiger partial charge on any atom is -0.489 e. The first-order valence-electron chi connectivity index (χ1n) is 34.6. The van der Waals surface area contributed by atoms with Crippen LogP contribution in [0.4, 0.5) is 0 Å². The summed E-state index contributed by atoms with van der Waals surface area (Å²) in [6.07, 6.45) is 5.32. The fraction of sp³-hybridized carbons (Fsp3) is 0.284. The summed E-state index contributed by atoms with van der Waals surface area (Å²) in [6.45, 7) is 21.2. The quantitative estimate of drug-likeness (QED) is 0.0343. The molecule has 0 aliphatic carbocycles. The number of ether oxygens (including phenoxy) is 5. The molecule has 1 aliphatic rings. The molecule has 1 saturated heterocycles. The highest BCUT2D eigenvalue weighted by atomic mass is 79.9. The average Bonchev–Trinajstić information content (AvgIpc) is 1.64. The molecule has 7 N–H and O–H groups in total. The van der Waals surface area contributed by atoms with E-state index in [-0.39, 0.29) is 53.5 Å². The second-order valence-corrected chi connectivity index (χ2v) is 27.4. The summed E-state index contributed by atoms with van der Waals surface area (Å²) in [5, 5.41) is 12.1. The molecule has 3 aromatic heterocycles. The molecule has 9 aromatic carbocycles. The highest BCUT2D eigenvalue weighted by molar-refractivity contribution is 9.10. The van der Waals surface area contributed by atoms with Crippen molar-refractivity contribution in [3.05, 3.63) is 272 Å². The largest absolute Gasteiger partial charge is 0.498 e. The zero-order valence-corrected chi connectivity index (χ0v) is 61.9. The lowest BCUT2D eigenvalue weighted by Gasteiger charge is -2.32. The highest BCUT2D eigenvalue weighted by Crippen LogP contribution is 2.39. The van der Waals surface area contributed by atoms with E-state index >= 15 is 0 Å². The topological polar surface area (TPSA) is 254 Å². The number of carbonyl (C=O) groups excluding carboxylic acids is 2. The predicted octanol–water partition coefficient (Wildman–Crippen LogP) is 19.2. The lowest BCUT2D eigenvalue weighted by atomic mass is 9.77. The molecule has 562 valence electrons. The molecule has 1 aliphatic heterocycles. The lowest BCUT2D eigenvalue weighted by Crippen LogP contribution is -2.41. The fourth-order valence-corrected chi connectivity index (χ4v) is 12.9. The number of furan rings is 3. The van der Waals surface area contributed by atoms with Gasteiger partial charge in [-0.2, -0.15) is 0 Å². The van der Waals surface area contributed by atoms with Crippen LogP contribution < -0.4 is 36.9 Å². The van der Waals surface area contributed by atoms with Crippen molar-refractivity contribution in [1.29, 1.82) is 0 Å². The number of hydrogen-bond donors (Lipinski definition) is 4. The summed E-state index contributed by atoms with van der Waals surface area (Å²) < 4.78 is 59.3. The third-order valence-electron chi connectivity index (χ3n) is 17.8. The van der Waals surface area contributed by atoms with Crippen LogP contribution in [-0.4, -0.2) is 54.5 Å². The monoisotopic (exact) mass is 1510 g/mol. The second-order valence-electron chi connectivity index (χ2n) is 26.5. The highest BCUT2D eigenvalue weighted by Gasteiger charge is 2.52. The van der Waals surface area contributed by atoms with E-state index < -0.39 is 24.3 Å². The predicted molar refractivity (Wildman–Crippen MR) is 432 cm³/mol. The number of fused-ring (bicyclic) bond motifs is 3. The Morgan fingerprint density at radius 3 is 1.18 bits per heavy atom. The van der Waals surface area contributed by atoms with Crippen LogP contribution in [0.1, 0.15) is 131 Å². The Hall–Kier alpha value is -10.2. The van der Waals surface area contributed by atoms with E-state index in [9.17, 15) is 14.4 Å². The number of para-hydroxylation sites is 3. The molecule has 4 heterocycles. The van der Waals surface area contributed by atoms with Gasteiger partial charge in [-0.25, -0.2) is 0 Å². The summed E-state index contributed by atoms with van der Waals surface area (Å²) in [7, 11) is -0.537. The van der Waals surface area contributed by atoms with Crippen LogP contribution >= 0.6 is 15.9 Å². The van der Waals surface area contributed by atoms with Gasteiger partial charge in [-0.15, -0.1) is 0 Å². The van der Waals surface area contributed by atoms with Crippen molar-refractivity contribution in [3.8, 4) is 39.5 Å². The van der Waals surface area contributed by atoms with Crippen LogP contribution in [0.5, 0.6) is 17.2 Å². The van der Waals surface area contributed by atoms with Crippen molar-refractivity contribution in [2.75, 3.05) is 13.2 Å². The Balaban J connectivity index is 0.000000207. The Kier molecular flexibility index (Phi) is 30.5. The van der Waals surface area contributed by atoms with Crippen molar-refractivity contribution in [3.63, 3.8) is 0 Å². The Labute approximate surface area is 637 Å². The number of benzene rings is 9. The molecule has 0 amide bonds. The fourth-order valence-electron chi connectivity index (χ4n) is 12.2. The van der Waals surface area contributed by atoms with Crippen LogP contribution in [0.15, 0.2) is 219 Å². The summed E-state index contributed by atoms with van der Waals surface area (Å²) in [5.74, 6) is 0.491. The average molecular weight is 1520 g/mol. The molecule has 0 atom stereocenters. The Morgan fingerprint density at radius 1 is 0.439 bits per heavy atom. The van der Waals surface area contributed by atoms with Gasteiger partial charge in [-0.05, 0) is 203 Å². The van der Waals surface area contributed by atoms with Gasteiger partial charge in [0, 0.05) is 73.5 Å². The van der Waals surface area contributed by atoms with Gasteiger partial charge in [-0.1, -0.05) is 140 Å². The number of rotatable bonds is 23. The summed E-state index contributed by atoms with van der Waals surface area (Å²) in [4.78, 5) is 35.0. The van der Waals surface area contributed by atoms with Crippen LogP contribution in [0.3, 0.4) is 0 Å². The molecule has 0 bridgehead atoms. The van der Waals surface area contributed by atoms with Crippen LogP contribution in [-0.2, 0) is 91.9 Å². The molecule has 19 heteroatoms. The number of halogens is 1. The number of carboxylic acids is 1. The number of hydrogen-bond acceptors (Lipinski definition) is 16. The molecular formula is C88H101BBrN3O14. The third-order valence-corrected chi connectivity index (χ3v) is 18.3. The molecule has 107 heavy (non-hydrogen) atoms. The molecular weight excluding hydrogens is 1410 g/mol. The van der Waals surface area contributed by atoms with Crippen molar-refractivity contribution in [2.45, 2.75) is 155 Å². The van der Waals surface area contributed by atoms with Gasteiger partial charge in [0.2, 0.25) is 0 Å². The summed E-state index contributed by atoms with van der Waals surface area (Å²) in [6, 6.07) is 59.2. The SMILES string of the molecule is C.C.C.CCOC(=O)Cc1ccccc1OCc1cc(-c2cc(C)cc(CN)c2)c2occc2c1.CCOC(=O)Cc1ccccc1OCc1cc(B2OC(C)(C)C(C)(C)O2)c2occc2c1.Cc1cc(Br)cc(CN)c1.Cc1cc(CN)cc(-c2cc(COc3ccccc3CC(=O)O)cc3ccoc23)c1. The molecule has 12 aromatic rings. The normalized spacial score (nSPS) is 12.4. The zero-order chi connectivity index (χ0) is 74.1. The van der Waals surface area contributed by atoms with Crippen LogP contribution in [0.25, 0.3) is 55.2 Å². The maximum absolute atomic E-state index is 11.9. The number of esters is 2. The molecule has 0 spiro atoms. The van der Waals surface area contributed by atoms with E-state index in [2.05, 4.69) is 96.5 Å². The minimum atomic E-state index is -0.886. The lowest BCUT2D eigenvalue weighted by molar-refractivity contribution is -0.143. The minimum absolute atomic E-state index is 0. The van der Waals surface area contributed by atoms with E-state index in [0.717, 1.165) is 115 Å². The molecule has 0 radical (unpaired) electrons. The maximum atomic E-state index is 11.9. The van der Waals surface area contributed by atoms with Crippen molar-refractivity contribution >= 4 is 79.3 Å². The smallest absolute Gasteiger partial charge is 0.489 e. The van der Waals surface area contributed by atoms with Gasteiger partial charge in [-0.3, -0.25) is 14.4 Å². The first kappa shape index (κ1) is 84.0. The van der Waals surface area contributed by atoms with Crippen LogP contribution in [0.2, 0.25) is 0 Å². The molecule has 17 nitrogen and oxygen atoms in total. The standard InChI is InChI=1S/C27H27NO4.C25H29BO6.C25H23NO4.C8H10BrN.3CH4/c1-3-30-26(29)15-21-6-4-5-7-25(21)32-17-20-13-22-8-9-31-27(22)24(14-20)23-11-18(2)10-19(12-23)16-28;1-6-28-22(27)15-18-9-7-8-10-21(18)30-16-17-13-19-11-12-29-23(19)20(14-17)26-31-24(2,3)25(4,5)32-26;1-16-8-17(14-26)10-21(9-16)22-12-18(11-20-6-7-29-25(20)22)15-30-23-5-3-2-4-19(23)13-24(27)28;1-6-2-7(5-10)4-8(9)3-6;;;/h4-14H,3,15-17,28H2,1-2H3;7-14H,6,15-16H2,1-5H3;2-12H,13-15,26H2,1H3,(H,27,28);2-4H,5,10H2,1H3;3*1H4. The van der Waals surface area contributed by atoms with Crippen molar-refractivity contribution < 1.29 is 65.7 Å². The van der Waals surface area contributed by atoms with Crippen molar-refractivity contribution in [2.24, 2.45) is 17.2 Å². The van der Waals surface area contributed by atoms with E-state index in [0.29, 0.717) is 75.5 Å². The van der Waals surface area contributed by atoms with E-state index in [4.69, 9.17) is 68.6 Å². The number of carbonyl (C=O) groups is 3. The van der Waals surface area contributed by atoms with Gasteiger partial charge in [0.1, 0.15) is 53.8 Å². The third kappa shape index (κ3) is 22.2. The van der Waals surface area contributed by atoms with Gasteiger partial charge >= 0.3 is 25.0 Å². The molecule has 0 unspecified atom stereocenters. The van der Waals surface area contributed by atoms with Gasteiger partial charge in [0.15, 0.2) is 0 Å². The zero-order valence-electron chi connectivity index (χ0n) is 60.3. The van der Waals surface area contributed by atoms with Gasteiger partial charge in [0.05, 0.1) is 62.5 Å². The number of nitrogens with two attached hydrogens (primary N) is 3.